The largest absolute Gasteiger partial charge is 0.493 e. The van der Waals surface area contributed by atoms with Crippen molar-refractivity contribution in [3.63, 3.8) is 0 Å². The first-order valence-corrected chi connectivity index (χ1v) is 8.15. The van der Waals surface area contributed by atoms with Gasteiger partial charge in [0.1, 0.15) is 6.04 Å². The first kappa shape index (κ1) is 16.5. The molecule has 1 aliphatic carbocycles. The molecule has 1 saturated carbocycles. The average molecular weight is 349 g/mol. The van der Waals surface area contributed by atoms with E-state index in [0.29, 0.717) is 22.3 Å². The highest BCUT2D eigenvalue weighted by Crippen LogP contribution is 2.33. The molecule has 1 atom stereocenters. The van der Waals surface area contributed by atoms with Crippen molar-refractivity contribution in [3.05, 3.63) is 18.2 Å². The van der Waals surface area contributed by atoms with Crippen LogP contribution >= 0.6 is 12.2 Å². The highest BCUT2D eigenvalue weighted by atomic mass is 32.1. The molecule has 24 heavy (non-hydrogen) atoms. The summed E-state index contributed by atoms with van der Waals surface area (Å²) < 4.78 is 10.8. The highest BCUT2D eigenvalue weighted by Gasteiger charge is 2.33. The van der Waals surface area contributed by atoms with Crippen LogP contribution in [0.2, 0.25) is 0 Å². The Balaban J connectivity index is 1.76. The van der Waals surface area contributed by atoms with Crippen LogP contribution < -0.4 is 25.0 Å². The van der Waals surface area contributed by atoms with E-state index in [0.717, 1.165) is 12.8 Å². The molecule has 1 aromatic rings. The molecular weight excluding hydrogens is 330 g/mol. The summed E-state index contributed by atoms with van der Waals surface area (Å²) in [6.45, 7) is 1.64. The fraction of sp³-hybridized carbons (Fsp3) is 0.438. The number of nitrogens with one attached hydrogen (secondary N) is 2. The van der Waals surface area contributed by atoms with E-state index in [4.69, 9.17) is 21.7 Å². The summed E-state index contributed by atoms with van der Waals surface area (Å²) in [5, 5.41) is 6.11. The number of thiocarbonyl (C=S) groups is 1. The quantitative estimate of drug-likeness (QED) is 0.745. The first-order chi connectivity index (χ1) is 11.5. The standard InChI is InChI=1S/C16H19N3O4S/c1-9-15(21)19(16(24)17-9)11-5-6-12(22-2)13(7-11)23-8-14(20)18-10-3-4-10/h5-7,9-10H,3-4,8H2,1-2H3,(H,17,24)(H,18,20). The molecule has 0 radical (unpaired) electrons. The van der Waals surface area contributed by atoms with Gasteiger partial charge in [-0.2, -0.15) is 0 Å². The van der Waals surface area contributed by atoms with Crippen LogP contribution in [0.5, 0.6) is 11.5 Å². The Morgan fingerprint density at radius 3 is 2.75 bits per heavy atom. The summed E-state index contributed by atoms with van der Waals surface area (Å²) in [5.74, 6) is 0.559. The maximum absolute atomic E-state index is 12.2. The third-order valence-electron chi connectivity index (χ3n) is 3.84. The summed E-state index contributed by atoms with van der Waals surface area (Å²) in [6.07, 6.45) is 2.04. The van der Waals surface area contributed by atoms with Crippen LogP contribution in [0.3, 0.4) is 0 Å². The van der Waals surface area contributed by atoms with Crippen LogP contribution in [-0.2, 0) is 9.59 Å². The number of rotatable bonds is 6. The van der Waals surface area contributed by atoms with Crippen LogP contribution in [0.25, 0.3) is 0 Å². The number of hydrogen-bond acceptors (Lipinski definition) is 5. The molecule has 1 heterocycles. The van der Waals surface area contributed by atoms with Crippen molar-refractivity contribution in [2.75, 3.05) is 18.6 Å². The molecule has 128 valence electrons. The molecule has 8 heteroatoms. The van der Waals surface area contributed by atoms with Crippen molar-refractivity contribution in [1.82, 2.24) is 10.6 Å². The van der Waals surface area contributed by atoms with E-state index < -0.39 is 0 Å². The normalized spacial score (nSPS) is 19.9. The van der Waals surface area contributed by atoms with Gasteiger partial charge in [0.05, 0.1) is 12.8 Å². The molecule has 7 nitrogen and oxygen atoms in total. The van der Waals surface area contributed by atoms with E-state index in [2.05, 4.69) is 10.6 Å². The van der Waals surface area contributed by atoms with E-state index >= 15 is 0 Å². The lowest BCUT2D eigenvalue weighted by Crippen LogP contribution is -2.31. The van der Waals surface area contributed by atoms with Crippen molar-refractivity contribution >= 4 is 34.8 Å². The number of amides is 2. The SMILES string of the molecule is COc1ccc(N2C(=O)C(C)NC2=S)cc1OCC(=O)NC1CC1. The second-order valence-electron chi connectivity index (χ2n) is 5.81. The van der Waals surface area contributed by atoms with E-state index in [1.807, 2.05) is 0 Å². The van der Waals surface area contributed by atoms with Crippen molar-refractivity contribution in [2.24, 2.45) is 0 Å². The van der Waals surface area contributed by atoms with Gasteiger partial charge in [-0.3, -0.25) is 14.5 Å². The maximum Gasteiger partial charge on any atom is 0.258 e. The summed E-state index contributed by atoms with van der Waals surface area (Å²) in [5.41, 5.74) is 0.570. The van der Waals surface area contributed by atoms with E-state index in [1.54, 1.807) is 25.1 Å². The third kappa shape index (κ3) is 3.43. The van der Waals surface area contributed by atoms with E-state index in [1.165, 1.54) is 12.0 Å². The number of hydrogen-bond donors (Lipinski definition) is 2. The van der Waals surface area contributed by atoms with Crippen molar-refractivity contribution in [1.29, 1.82) is 0 Å². The Hall–Kier alpha value is -2.35. The van der Waals surface area contributed by atoms with Crippen LogP contribution in [0.1, 0.15) is 19.8 Å². The molecule has 1 saturated heterocycles. The van der Waals surface area contributed by atoms with Gasteiger partial charge in [0, 0.05) is 12.1 Å². The predicted octanol–water partition coefficient (Wildman–Crippen LogP) is 0.962. The van der Waals surface area contributed by atoms with Gasteiger partial charge in [-0.25, -0.2) is 0 Å². The number of ether oxygens (including phenoxy) is 2. The average Bonchev–Trinajstić information content (AvgIpc) is 3.32. The smallest absolute Gasteiger partial charge is 0.258 e. The van der Waals surface area contributed by atoms with Gasteiger partial charge < -0.3 is 20.1 Å². The first-order valence-electron chi connectivity index (χ1n) is 7.74. The second kappa shape index (κ2) is 6.64. The number of carbonyl (C=O) groups excluding carboxylic acids is 2. The van der Waals surface area contributed by atoms with Gasteiger partial charge >= 0.3 is 0 Å². The number of nitrogens with zero attached hydrogens (tertiary/aromatic N) is 1. The van der Waals surface area contributed by atoms with Crippen molar-refractivity contribution in [2.45, 2.75) is 31.8 Å². The fourth-order valence-corrected chi connectivity index (χ4v) is 2.78. The topological polar surface area (TPSA) is 79.9 Å². The number of anilines is 1. The maximum atomic E-state index is 12.2. The summed E-state index contributed by atoms with van der Waals surface area (Å²) in [4.78, 5) is 25.4. The van der Waals surface area contributed by atoms with Crippen molar-refractivity contribution in [3.8, 4) is 11.5 Å². The Bertz CT molecular complexity index is 690. The van der Waals surface area contributed by atoms with Gasteiger partial charge in [0.2, 0.25) is 0 Å². The summed E-state index contributed by atoms with van der Waals surface area (Å²) in [6, 6.07) is 4.96. The van der Waals surface area contributed by atoms with E-state index in [9.17, 15) is 9.59 Å². The highest BCUT2D eigenvalue weighted by molar-refractivity contribution is 7.80. The lowest BCUT2D eigenvalue weighted by atomic mass is 10.2. The molecule has 1 unspecified atom stereocenters. The van der Waals surface area contributed by atoms with Gasteiger partial charge in [-0.1, -0.05) is 0 Å². The van der Waals surface area contributed by atoms with Crippen LogP contribution in [0, 0.1) is 0 Å². The lowest BCUT2D eigenvalue weighted by molar-refractivity contribution is -0.123. The Kier molecular flexibility index (Phi) is 4.57. The summed E-state index contributed by atoms with van der Waals surface area (Å²) >= 11 is 5.20. The zero-order chi connectivity index (χ0) is 17.3. The second-order valence-corrected chi connectivity index (χ2v) is 6.20. The van der Waals surface area contributed by atoms with Gasteiger partial charge in [-0.05, 0) is 44.1 Å². The van der Waals surface area contributed by atoms with Crippen LogP contribution in [0.4, 0.5) is 5.69 Å². The lowest BCUT2D eigenvalue weighted by Gasteiger charge is -2.18. The molecule has 0 spiro atoms. The van der Waals surface area contributed by atoms with Crippen molar-refractivity contribution < 1.29 is 19.1 Å². The number of benzene rings is 1. The Morgan fingerprint density at radius 2 is 2.17 bits per heavy atom. The molecule has 1 aliphatic heterocycles. The Labute approximate surface area is 145 Å². The molecule has 2 fully saturated rings. The zero-order valence-corrected chi connectivity index (χ0v) is 14.3. The van der Waals surface area contributed by atoms with Gasteiger partial charge in [0.15, 0.2) is 23.2 Å². The van der Waals surface area contributed by atoms with E-state index in [-0.39, 0.29) is 30.5 Å². The van der Waals surface area contributed by atoms with Crippen LogP contribution in [0.15, 0.2) is 18.2 Å². The number of methoxy groups -OCH3 is 1. The molecule has 1 aromatic carbocycles. The summed E-state index contributed by atoms with van der Waals surface area (Å²) in [7, 11) is 1.52. The third-order valence-corrected chi connectivity index (χ3v) is 4.14. The molecule has 3 rings (SSSR count). The van der Waals surface area contributed by atoms with Crippen LogP contribution in [-0.4, -0.2) is 42.7 Å². The molecular formula is C16H19N3O4S. The zero-order valence-electron chi connectivity index (χ0n) is 13.5. The molecule has 0 aromatic heterocycles. The van der Waals surface area contributed by atoms with Gasteiger partial charge in [0.25, 0.3) is 11.8 Å². The minimum atomic E-state index is -0.367. The molecule has 2 aliphatic rings. The monoisotopic (exact) mass is 349 g/mol. The van der Waals surface area contributed by atoms with Gasteiger partial charge in [-0.15, -0.1) is 0 Å². The molecule has 2 N–H and O–H groups in total. The fourth-order valence-electron chi connectivity index (χ4n) is 2.41. The minimum absolute atomic E-state index is 0.108. The molecule has 0 bridgehead atoms. The minimum Gasteiger partial charge on any atom is -0.493 e. The number of carbonyl (C=O) groups is 2. The Morgan fingerprint density at radius 1 is 1.42 bits per heavy atom. The predicted molar refractivity (Wildman–Crippen MR) is 92.3 cm³/mol. The molecule has 2 amide bonds.